The van der Waals surface area contributed by atoms with Crippen molar-refractivity contribution in [2.24, 2.45) is 16.9 Å². The molecule has 0 heterocycles. The van der Waals surface area contributed by atoms with Crippen LogP contribution in [0.3, 0.4) is 0 Å². The maximum Gasteiger partial charge on any atom is 0.405 e. The molecule has 1 atom stereocenters. The molecule has 0 rings (SSSR count). The summed E-state index contributed by atoms with van der Waals surface area (Å²) >= 11 is 0. The largest absolute Gasteiger partial charge is 0.462 e. The maximum absolute atomic E-state index is 11.5. The van der Waals surface area contributed by atoms with Gasteiger partial charge in [-0.15, -0.1) is 0 Å². The van der Waals surface area contributed by atoms with E-state index in [1.807, 2.05) is 6.92 Å². The molecule has 0 aromatic carbocycles. The molecule has 8 nitrogen and oxygen atoms in total. The summed E-state index contributed by atoms with van der Waals surface area (Å²) < 4.78 is 15.1. The third kappa shape index (κ3) is 8.42. The molecule has 0 aliphatic carbocycles. The molecule has 0 aliphatic heterocycles. The van der Waals surface area contributed by atoms with Gasteiger partial charge in [-0.2, -0.15) is 0 Å². The Hall–Kier alpha value is -2.25. The highest BCUT2D eigenvalue weighted by atomic mass is 16.6. The monoisotopic (exact) mass is 358 g/mol. The minimum Gasteiger partial charge on any atom is -0.462 e. The van der Waals surface area contributed by atoms with Gasteiger partial charge in [-0.25, -0.2) is 14.4 Å². The minimum atomic E-state index is -0.876. The van der Waals surface area contributed by atoms with Crippen LogP contribution < -0.4 is 11.5 Å². The number of carbonyl (C=O) groups excluding carboxylic acids is 3. The number of esters is 1. The fraction of sp³-hybridized carbons (Fsp3) is 0.706. The second kappa shape index (κ2) is 9.90. The molecular formula is C17H30N2O6. The molecule has 2 amide bonds. The molecule has 0 aliphatic rings. The number of nitrogens with two attached hydrogens (primary N) is 2. The lowest BCUT2D eigenvalue weighted by Crippen LogP contribution is -2.47. The van der Waals surface area contributed by atoms with E-state index < -0.39 is 29.2 Å². The number of carbonyl (C=O) groups is 3. The lowest BCUT2D eigenvalue weighted by Gasteiger charge is -2.43. The highest BCUT2D eigenvalue weighted by Gasteiger charge is 2.43. The average Bonchev–Trinajstić information content (AvgIpc) is 2.44. The molecule has 8 heteroatoms. The number of primary amides is 2. The Labute approximate surface area is 148 Å². The van der Waals surface area contributed by atoms with Crippen LogP contribution in [0.4, 0.5) is 9.59 Å². The first-order valence-corrected chi connectivity index (χ1v) is 8.14. The quantitative estimate of drug-likeness (QED) is 0.253. The predicted molar refractivity (Wildman–Crippen MR) is 92.6 cm³/mol. The molecule has 144 valence electrons. The number of ether oxygens (including phenoxy) is 3. The fourth-order valence-electron chi connectivity index (χ4n) is 2.38. The van der Waals surface area contributed by atoms with Crippen LogP contribution in [0.2, 0.25) is 0 Å². The Morgan fingerprint density at radius 3 is 2.00 bits per heavy atom. The van der Waals surface area contributed by atoms with Gasteiger partial charge in [0.2, 0.25) is 0 Å². The van der Waals surface area contributed by atoms with Gasteiger partial charge >= 0.3 is 18.2 Å². The van der Waals surface area contributed by atoms with E-state index in [4.69, 9.17) is 25.7 Å². The number of unbranched alkanes of at least 4 members (excludes halogenated alkanes) is 1. The van der Waals surface area contributed by atoms with Crippen molar-refractivity contribution in [3.63, 3.8) is 0 Å². The topological polar surface area (TPSA) is 131 Å². The van der Waals surface area contributed by atoms with Gasteiger partial charge in [0.1, 0.15) is 5.60 Å². The third-order valence-electron chi connectivity index (χ3n) is 4.41. The average molecular weight is 358 g/mol. The van der Waals surface area contributed by atoms with E-state index in [1.54, 1.807) is 20.8 Å². The Morgan fingerprint density at radius 1 is 0.920 bits per heavy atom. The van der Waals surface area contributed by atoms with Crippen LogP contribution in [0.25, 0.3) is 0 Å². The van der Waals surface area contributed by atoms with Crippen molar-refractivity contribution in [2.75, 3.05) is 13.2 Å². The fourth-order valence-corrected chi connectivity index (χ4v) is 2.38. The highest BCUT2D eigenvalue weighted by molar-refractivity contribution is 5.86. The molecule has 0 radical (unpaired) electrons. The minimum absolute atomic E-state index is 0.158. The van der Waals surface area contributed by atoms with Crippen LogP contribution in [0.15, 0.2) is 12.2 Å². The Balaban J connectivity index is 4.84. The van der Waals surface area contributed by atoms with Crippen LogP contribution in [0, 0.1) is 5.41 Å². The van der Waals surface area contributed by atoms with E-state index >= 15 is 0 Å². The summed E-state index contributed by atoms with van der Waals surface area (Å²) in [5, 5.41) is 0. The molecule has 0 fully saturated rings. The first kappa shape index (κ1) is 22.8. The lowest BCUT2D eigenvalue weighted by atomic mass is 9.69. The van der Waals surface area contributed by atoms with Gasteiger partial charge < -0.3 is 25.7 Å². The summed E-state index contributed by atoms with van der Waals surface area (Å²) in [6.45, 7) is 10.9. The smallest absolute Gasteiger partial charge is 0.405 e. The SMILES string of the molecule is C=C(C)C(=O)OCCC(C)(CCCCOC(N)=O)C(C)(C)OC(N)=O. The Morgan fingerprint density at radius 2 is 1.52 bits per heavy atom. The standard InChI is InChI=1S/C17H30N2O6/c1-12(2)13(20)23-11-9-17(5,16(3,4)25-15(19)22)8-6-7-10-24-14(18)21/h1,6-11H2,2-5H3,(H2,18,21)(H2,19,22). The van der Waals surface area contributed by atoms with E-state index in [1.165, 1.54) is 0 Å². The molecule has 0 saturated heterocycles. The van der Waals surface area contributed by atoms with Gasteiger partial charge in [0, 0.05) is 11.0 Å². The van der Waals surface area contributed by atoms with Gasteiger partial charge in [0.25, 0.3) is 0 Å². The van der Waals surface area contributed by atoms with E-state index in [9.17, 15) is 14.4 Å². The van der Waals surface area contributed by atoms with Crippen molar-refractivity contribution in [1.29, 1.82) is 0 Å². The number of hydrogen-bond acceptors (Lipinski definition) is 6. The number of amides is 2. The van der Waals surface area contributed by atoms with Gasteiger partial charge in [-0.05, 0) is 46.5 Å². The van der Waals surface area contributed by atoms with Crippen LogP contribution in [-0.4, -0.2) is 37.0 Å². The van der Waals surface area contributed by atoms with Gasteiger partial charge in [0.15, 0.2) is 0 Å². The van der Waals surface area contributed by atoms with Crippen LogP contribution in [-0.2, 0) is 19.0 Å². The zero-order chi connectivity index (χ0) is 19.7. The summed E-state index contributed by atoms with van der Waals surface area (Å²) in [5.41, 5.74) is 9.02. The Bertz CT molecular complexity index is 503. The molecular weight excluding hydrogens is 328 g/mol. The van der Waals surface area contributed by atoms with Crippen molar-refractivity contribution in [3.05, 3.63) is 12.2 Å². The van der Waals surface area contributed by atoms with Crippen molar-refractivity contribution < 1.29 is 28.6 Å². The normalized spacial score (nSPS) is 13.4. The second-order valence-electron chi connectivity index (χ2n) is 6.78. The molecule has 0 spiro atoms. The third-order valence-corrected chi connectivity index (χ3v) is 4.41. The molecule has 25 heavy (non-hydrogen) atoms. The number of rotatable bonds is 11. The van der Waals surface area contributed by atoms with Crippen molar-refractivity contribution >= 4 is 18.2 Å². The van der Waals surface area contributed by atoms with E-state index in [0.717, 1.165) is 0 Å². The molecule has 0 aromatic heterocycles. The second-order valence-corrected chi connectivity index (χ2v) is 6.78. The zero-order valence-corrected chi connectivity index (χ0v) is 15.6. The highest BCUT2D eigenvalue weighted by Crippen LogP contribution is 2.42. The van der Waals surface area contributed by atoms with E-state index in [0.29, 0.717) is 31.3 Å². The maximum atomic E-state index is 11.5. The van der Waals surface area contributed by atoms with Crippen LogP contribution >= 0.6 is 0 Å². The van der Waals surface area contributed by atoms with Gasteiger partial charge in [-0.3, -0.25) is 0 Å². The first-order chi connectivity index (χ1) is 11.4. The number of hydrogen-bond donors (Lipinski definition) is 2. The summed E-state index contributed by atoms with van der Waals surface area (Å²) in [4.78, 5) is 33.3. The molecule has 1 unspecified atom stereocenters. The van der Waals surface area contributed by atoms with Crippen molar-refractivity contribution in [2.45, 2.75) is 59.0 Å². The van der Waals surface area contributed by atoms with Gasteiger partial charge in [-0.1, -0.05) is 13.5 Å². The first-order valence-electron chi connectivity index (χ1n) is 8.14. The summed E-state index contributed by atoms with van der Waals surface area (Å²) in [5.74, 6) is -0.467. The molecule has 0 saturated carbocycles. The van der Waals surface area contributed by atoms with E-state index in [2.05, 4.69) is 6.58 Å². The molecule has 0 bridgehead atoms. The van der Waals surface area contributed by atoms with Gasteiger partial charge in [0.05, 0.1) is 13.2 Å². The zero-order valence-electron chi connectivity index (χ0n) is 15.6. The molecule has 4 N–H and O–H groups in total. The van der Waals surface area contributed by atoms with E-state index in [-0.39, 0.29) is 13.2 Å². The van der Waals surface area contributed by atoms with Crippen molar-refractivity contribution in [1.82, 2.24) is 0 Å². The summed E-state index contributed by atoms with van der Waals surface area (Å²) in [6, 6.07) is 0. The predicted octanol–water partition coefficient (Wildman–Crippen LogP) is 2.64. The molecule has 0 aromatic rings. The Kier molecular flexibility index (Phi) is 9.01. The lowest BCUT2D eigenvalue weighted by molar-refractivity contribution is -0.141. The van der Waals surface area contributed by atoms with Crippen LogP contribution in [0.1, 0.15) is 53.4 Å². The van der Waals surface area contributed by atoms with Crippen LogP contribution in [0.5, 0.6) is 0 Å². The summed E-state index contributed by atoms with van der Waals surface area (Å²) in [6.07, 6.45) is 0.725. The van der Waals surface area contributed by atoms with Crippen molar-refractivity contribution in [3.8, 4) is 0 Å². The summed E-state index contributed by atoms with van der Waals surface area (Å²) in [7, 11) is 0.